The Morgan fingerprint density at radius 2 is 1.60 bits per heavy atom. The van der Waals surface area contributed by atoms with Gasteiger partial charge in [0.05, 0.1) is 6.04 Å². The van der Waals surface area contributed by atoms with E-state index >= 15 is 0 Å². The van der Waals surface area contributed by atoms with E-state index in [1.165, 1.54) is 19.1 Å². The molecule has 0 heterocycles. The van der Waals surface area contributed by atoms with E-state index in [1.807, 2.05) is 0 Å². The predicted octanol–water partition coefficient (Wildman–Crippen LogP) is -2.20. The average Bonchev–Trinajstić information content (AvgIpc) is 2.79. The van der Waals surface area contributed by atoms with E-state index in [0.717, 1.165) is 5.56 Å². The number of carbonyl (C=O) groups excluding carboxylic acids is 3. The Morgan fingerprint density at radius 1 is 1.00 bits per heavy atom. The molecule has 0 saturated carbocycles. The molecule has 0 aliphatic rings. The van der Waals surface area contributed by atoms with Gasteiger partial charge in [0.2, 0.25) is 17.7 Å². The number of carboxylic acids is 1. The molecule has 0 aromatic heterocycles. The Labute approximate surface area is 208 Å². The first-order valence-corrected chi connectivity index (χ1v) is 11.4. The number of hydrogen-bond donors (Lipinski definition) is 9. The molecule has 13 nitrogen and oxygen atoms in total. The van der Waals surface area contributed by atoms with Crippen LogP contribution in [0.25, 0.3) is 0 Å². The number of thiol groups is 1. The Kier molecular flexibility index (Phi) is 12.4. The van der Waals surface area contributed by atoms with E-state index in [2.05, 4.69) is 33.6 Å². The Morgan fingerprint density at radius 3 is 2.14 bits per heavy atom. The fourth-order valence-electron chi connectivity index (χ4n) is 2.89. The number of aliphatic imine (C=N–C) groups is 1. The van der Waals surface area contributed by atoms with Crippen LogP contribution < -0.4 is 33.2 Å². The number of hydrogen-bond acceptors (Lipinski definition) is 8. The molecule has 4 atom stereocenters. The van der Waals surface area contributed by atoms with Gasteiger partial charge >= 0.3 is 5.97 Å². The molecule has 0 aliphatic heterocycles. The van der Waals surface area contributed by atoms with Gasteiger partial charge in [0, 0.05) is 12.3 Å². The van der Waals surface area contributed by atoms with Gasteiger partial charge in [-0.1, -0.05) is 12.1 Å². The number of guanidine groups is 1. The number of nitrogens with two attached hydrogens (primary N) is 3. The Bertz CT molecular complexity index is 908. The first kappa shape index (κ1) is 29.5. The number of carboxylic acid groups (broad SMARTS) is 1. The predicted molar refractivity (Wildman–Crippen MR) is 133 cm³/mol. The smallest absolute Gasteiger partial charge is 0.326 e. The summed E-state index contributed by atoms with van der Waals surface area (Å²) in [5, 5.41) is 25.9. The first-order chi connectivity index (χ1) is 16.4. The van der Waals surface area contributed by atoms with Crippen LogP contribution in [0.1, 0.15) is 25.3 Å². The van der Waals surface area contributed by atoms with Crippen LogP contribution in [0.15, 0.2) is 29.3 Å². The molecule has 0 fully saturated rings. The number of nitrogens with one attached hydrogen (secondary N) is 3. The van der Waals surface area contributed by atoms with Crippen molar-refractivity contribution in [2.24, 2.45) is 22.2 Å². The molecule has 0 saturated heterocycles. The van der Waals surface area contributed by atoms with E-state index in [1.54, 1.807) is 12.1 Å². The highest BCUT2D eigenvalue weighted by molar-refractivity contribution is 7.80. The van der Waals surface area contributed by atoms with Gasteiger partial charge in [0.1, 0.15) is 23.9 Å². The van der Waals surface area contributed by atoms with E-state index in [0.29, 0.717) is 6.42 Å². The monoisotopic (exact) mass is 511 g/mol. The number of amides is 3. The molecule has 14 heteroatoms. The van der Waals surface area contributed by atoms with Crippen molar-refractivity contribution in [1.29, 1.82) is 0 Å². The fraction of sp³-hybridized carbons (Fsp3) is 0.476. The summed E-state index contributed by atoms with van der Waals surface area (Å²) in [6, 6.07) is 1.85. The van der Waals surface area contributed by atoms with Crippen molar-refractivity contribution in [3.05, 3.63) is 29.8 Å². The molecule has 0 radical (unpaired) electrons. The summed E-state index contributed by atoms with van der Waals surface area (Å²) >= 11 is 4.05. The van der Waals surface area contributed by atoms with Gasteiger partial charge in [-0.05, 0) is 43.9 Å². The van der Waals surface area contributed by atoms with Gasteiger partial charge in [-0.2, -0.15) is 12.6 Å². The zero-order valence-electron chi connectivity index (χ0n) is 19.3. The third-order valence-corrected chi connectivity index (χ3v) is 5.22. The largest absolute Gasteiger partial charge is 0.508 e. The van der Waals surface area contributed by atoms with Crippen molar-refractivity contribution in [1.82, 2.24) is 16.0 Å². The lowest BCUT2D eigenvalue weighted by atomic mass is 10.1. The summed E-state index contributed by atoms with van der Waals surface area (Å²) in [6.07, 6.45) is 0.554. The van der Waals surface area contributed by atoms with Crippen molar-refractivity contribution in [3.8, 4) is 5.75 Å². The summed E-state index contributed by atoms with van der Waals surface area (Å²) in [5.41, 5.74) is 17.1. The number of nitrogens with zero attached hydrogens (tertiary/aromatic N) is 1. The van der Waals surface area contributed by atoms with Crippen molar-refractivity contribution < 1.29 is 29.4 Å². The minimum Gasteiger partial charge on any atom is -0.508 e. The molecule has 11 N–H and O–H groups in total. The Hall–Kier alpha value is -3.52. The zero-order chi connectivity index (χ0) is 26.5. The number of phenols is 1. The quantitative estimate of drug-likeness (QED) is 0.0569. The van der Waals surface area contributed by atoms with Crippen LogP contribution >= 0.6 is 12.6 Å². The van der Waals surface area contributed by atoms with Gasteiger partial charge in [-0.3, -0.25) is 19.4 Å². The fourth-order valence-corrected chi connectivity index (χ4v) is 3.15. The standard InChI is InChI=1S/C21H33N7O6S/c1-11(26-18(31)14(22)9-12-4-6-13(29)7-5-12)17(30)28-16(10-35)19(32)27-15(20(33)34)3-2-8-25-21(23)24/h4-7,11,14-16,29,35H,2-3,8-10,22H2,1H3,(H,26,31)(H,27,32)(H,28,30)(H,33,34)(H4,23,24,25). The molecule has 35 heavy (non-hydrogen) atoms. The summed E-state index contributed by atoms with van der Waals surface area (Å²) in [4.78, 5) is 52.6. The lowest BCUT2D eigenvalue weighted by molar-refractivity contribution is -0.142. The highest BCUT2D eigenvalue weighted by atomic mass is 32.1. The molecule has 1 rings (SSSR count). The topological polar surface area (TPSA) is 235 Å². The second kappa shape index (κ2) is 14.7. The van der Waals surface area contributed by atoms with Crippen LogP contribution in [0.2, 0.25) is 0 Å². The van der Waals surface area contributed by atoms with Crippen molar-refractivity contribution in [2.75, 3.05) is 12.3 Å². The van der Waals surface area contributed by atoms with Crippen molar-refractivity contribution in [3.63, 3.8) is 0 Å². The molecule has 3 amide bonds. The first-order valence-electron chi connectivity index (χ1n) is 10.8. The second-order valence-corrected chi connectivity index (χ2v) is 8.16. The van der Waals surface area contributed by atoms with Gasteiger partial charge in [-0.25, -0.2) is 4.79 Å². The number of phenolic OH excluding ortho intramolecular Hbond substituents is 1. The maximum atomic E-state index is 12.5. The lowest BCUT2D eigenvalue weighted by Crippen LogP contribution is -2.57. The highest BCUT2D eigenvalue weighted by Crippen LogP contribution is 2.11. The average molecular weight is 512 g/mol. The van der Waals surface area contributed by atoms with Gasteiger partial charge in [0.15, 0.2) is 5.96 Å². The molecular weight excluding hydrogens is 478 g/mol. The van der Waals surface area contributed by atoms with E-state index in [9.17, 15) is 29.4 Å². The van der Waals surface area contributed by atoms with Crippen molar-refractivity contribution in [2.45, 2.75) is 50.4 Å². The molecular formula is C21H33N7O6S. The SMILES string of the molecule is CC(NC(=O)C(N)Cc1ccc(O)cc1)C(=O)NC(CS)C(=O)NC(CCCN=C(N)N)C(=O)O. The number of aromatic hydroxyl groups is 1. The third kappa shape index (κ3) is 11.0. The normalized spacial score (nSPS) is 14.0. The number of benzene rings is 1. The van der Waals surface area contributed by atoms with Gasteiger partial charge < -0.3 is 43.4 Å². The van der Waals surface area contributed by atoms with Crippen molar-refractivity contribution >= 4 is 42.3 Å². The molecule has 0 bridgehead atoms. The molecule has 1 aromatic carbocycles. The van der Waals surface area contributed by atoms with E-state index < -0.39 is 47.9 Å². The number of carbonyl (C=O) groups is 4. The van der Waals surface area contributed by atoms with E-state index in [4.69, 9.17) is 17.2 Å². The number of rotatable bonds is 14. The maximum Gasteiger partial charge on any atom is 0.326 e. The van der Waals surface area contributed by atoms with Crippen LogP contribution in [0.4, 0.5) is 0 Å². The molecule has 1 aromatic rings. The minimum atomic E-state index is -1.25. The Balaban J connectivity index is 2.61. The van der Waals surface area contributed by atoms with E-state index in [-0.39, 0.29) is 36.8 Å². The van der Waals surface area contributed by atoms with Gasteiger partial charge in [0.25, 0.3) is 0 Å². The van der Waals surface area contributed by atoms with Crippen LogP contribution in [0.5, 0.6) is 5.75 Å². The second-order valence-electron chi connectivity index (χ2n) is 7.80. The van der Waals surface area contributed by atoms with Crippen LogP contribution in [-0.2, 0) is 25.6 Å². The molecule has 0 aliphatic carbocycles. The molecule has 4 unspecified atom stereocenters. The summed E-state index contributed by atoms with van der Waals surface area (Å²) in [6.45, 7) is 1.61. The van der Waals surface area contributed by atoms with Crippen LogP contribution in [0, 0.1) is 0 Å². The van der Waals surface area contributed by atoms with Crippen LogP contribution in [0.3, 0.4) is 0 Å². The summed E-state index contributed by atoms with van der Waals surface area (Å²) in [5.74, 6) is -3.41. The lowest BCUT2D eigenvalue weighted by Gasteiger charge is -2.22. The minimum absolute atomic E-state index is 0.0659. The number of aliphatic carboxylic acids is 1. The molecule has 0 spiro atoms. The zero-order valence-corrected chi connectivity index (χ0v) is 20.2. The third-order valence-electron chi connectivity index (χ3n) is 4.86. The maximum absolute atomic E-state index is 12.5. The molecule has 194 valence electrons. The van der Waals surface area contributed by atoms with Gasteiger partial charge in [-0.15, -0.1) is 0 Å². The summed E-state index contributed by atoms with van der Waals surface area (Å²) < 4.78 is 0. The highest BCUT2D eigenvalue weighted by Gasteiger charge is 2.28. The summed E-state index contributed by atoms with van der Waals surface area (Å²) in [7, 11) is 0. The van der Waals surface area contributed by atoms with Crippen LogP contribution in [-0.4, -0.2) is 76.3 Å².